The molecule has 0 amide bonds. The number of aromatic nitrogens is 2. The summed E-state index contributed by atoms with van der Waals surface area (Å²) in [5.74, 6) is 0. The summed E-state index contributed by atoms with van der Waals surface area (Å²) >= 11 is 0. The first-order valence-electron chi connectivity index (χ1n) is 30.6. The second-order valence-corrected chi connectivity index (χ2v) is 29.9. The molecule has 6 heteroatoms. The van der Waals surface area contributed by atoms with Gasteiger partial charge < -0.3 is 18.9 Å². The van der Waals surface area contributed by atoms with Crippen molar-refractivity contribution < 1.29 is 0 Å². The average molecular weight is 1100 g/mol. The van der Waals surface area contributed by atoms with Gasteiger partial charge in [0.1, 0.15) is 0 Å². The van der Waals surface area contributed by atoms with Crippen LogP contribution in [0.1, 0.15) is 137 Å². The molecule has 0 saturated heterocycles. The van der Waals surface area contributed by atoms with E-state index >= 15 is 0 Å². The second kappa shape index (κ2) is 17.6. The highest BCUT2D eigenvalue weighted by atomic mass is 15.2. The highest BCUT2D eigenvalue weighted by Gasteiger charge is 2.48. The summed E-state index contributed by atoms with van der Waals surface area (Å²) in [6, 6.07) is 70.3. The number of benzene rings is 10. The summed E-state index contributed by atoms with van der Waals surface area (Å²) in [7, 11) is 0. The molecule has 3 aliphatic rings. The predicted molar refractivity (Wildman–Crippen MR) is 364 cm³/mol. The second-order valence-electron chi connectivity index (χ2n) is 29.9. The minimum atomic E-state index is -0.182. The number of anilines is 6. The highest BCUT2D eigenvalue weighted by molar-refractivity contribution is 7.00. The van der Waals surface area contributed by atoms with Crippen LogP contribution >= 0.6 is 0 Å². The first-order valence-corrected chi connectivity index (χ1v) is 30.6. The molecule has 2 aromatic heterocycles. The fraction of sp³-hybridized carbons (Fsp3) is 0.253. The summed E-state index contributed by atoms with van der Waals surface area (Å²) in [5, 5.41) is 18.9. The molecule has 85 heavy (non-hydrogen) atoms. The van der Waals surface area contributed by atoms with Crippen LogP contribution in [0, 0.1) is 11.3 Å². The van der Waals surface area contributed by atoms with Crippen LogP contribution < -0.4 is 26.2 Å². The van der Waals surface area contributed by atoms with Crippen LogP contribution in [0.2, 0.25) is 0 Å². The molecule has 0 saturated carbocycles. The Kier molecular flexibility index (Phi) is 11.0. The molecule has 0 radical (unpaired) electrons. The summed E-state index contributed by atoms with van der Waals surface area (Å²) in [6.07, 6.45) is 0. The van der Waals surface area contributed by atoms with Gasteiger partial charge in [0.25, 0.3) is 6.71 Å². The van der Waals surface area contributed by atoms with E-state index < -0.39 is 0 Å². The van der Waals surface area contributed by atoms with Gasteiger partial charge in [-0.2, -0.15) is 5.26 Å². The summed E-state index contributed by atoms with van der Waals surface area (Å²) in [5.41, 5.74) is 26.3. The van der Waals surface area contributed by atoms with Gasteiger partial charge in [-0.05, 0) is 190 Å². The van der Waals surface area contributed by atoms with Crippen LogP contribution in [0.4, 0.5) is 34.1 Å². The molecule has 0 atom stereocenters. The minimum absolute atomic E-state index is 0.0266. The molecule has 0 spiro atoms. The van der Waals surface area contributed by atoms with Gasteiger partial charge in [0.2, 0.25) is 0 Å². The van der Waals surface area contributed by atoms with Crippen LogP contribution in [0.15, 0.2) is 176 Å². The molecule has 12 aromatic rings. The Morgan fingerprint density at radius 2 is 0.847 bits per heavy atom. The third-order valence-electron chi connectivity index (χ3n) is 19.1. The van der Waals surface area contributed by atoms with Gasteiger partial charge in [-0.25, -0.2) is 0 Å². The predicted octanol–water partition coefficient (Wildman–Crippen LogP) is 19.5. The van der Waals surface area contributed by atoms with E-state index in [2.05, 4.69) is 305 Å². The number of nitrogens with zero attached hydrogens (tertiary/aromatic N) is 5. The standard InChI is InChI=1S/C79H74BN5/c1-75(2,3)51-24-31-64-58(37-51)59-38-52(76(4,5)6)25-32-65(59)83(64)57-29-30-62-67(44-57)82(56-27-22-48(23-28-56)50-21-20-47-18-16-17-19-49(47)36-50)68-34-46(45-81)35-69-72(68)80(62)63-41-55(79(13,14)15)43-71-74(63)85(69)70-42-54(78(10,11)12)40-61-60-39-53(77(7,8)9)26-33-66(60)84(71)73(61)70/h16-44H,1-15H3. The van der Waals surface area contributed by atoms with Crippen molar-refractivity contribution in [1.82, 2.24) is 9.13 Å². The summed E-state index contributed by atoms with van der Waals surface area (Å²) in [4.78, 5) is 5.06. The Balaban J connectivity index is 1.05. The van der Waals surface area contributed by atoms with Crippen LogP contribution in [-0.2, 0) is 27.1 Å². The third-order valence-corrected chi connectivity index (χ3v) is 19.1. The number of fused-ring (bicyclic) bond motifs is 13. The van der Waals surface area contributed by atoms with Crippen LogP contribution in [-0.4, -0.2) is 15.8 Å². The third kappa shape index (κ3) is 7.95. The Labute approximate surface area is 501 Å². The van der Waals surface area contributed by atoms with E-state index in [4.69, 9.17) is 0 Å². The zero-order valence-electron chi connectivity index (χ0n) is 52.1. The van der Waals surface area contributed by atoms with E-state index in [-0.39, 0.29) is 33.8 Å². The smallest absolute Gasteiger partial charge is 0.252 e. The molecule has 0 aliphatic carbocycles. The molecule has 5 heterocycles. The molecule has 10 aromatic carbocycles. The van der Waals surface area contributed by atoms with Gasteiger partial charge in [0, 0.05) is 50.0 Å². The lowest BCUT2D eigenvalue weighted by Crippen LogP contribution is -2.62. The molecule has 5 nitrogen and oxygen atoms in total. The first kappa shape index (κ1) is 53.0. The Morgan fingerprint density at radius 1 is 0.353 bits per heavy atom. The van der Waals surface area contributed by atoms with Gasteiger partial charge in [-0.15, -0.1) is 0 Å². The number of hydrogen-bond donors (Lipinski definition) is 0. The molecule has 3 aliphatic heterocycles. The number of nitriles is 1. The Hall–Kier alpha value is -8.79. The van der Waals surface area contributed by atoms with E-state index in [0.717, 1.165) is 39.7 Å². The Bertz CT molecular complexity index is 4850. The fourth-order valence-electron chi connectivity index (χ4n) is 14.3. The van der Waals surface area contributed by atoms with Crippen molar-refractivity contribution in [2.75, 3.05) is 9.80 Å². The molecule has 0 N–H and O–H groups in total. The monoisotopic (exact) mass is 1100 g/mol. The van der Waals surface area contributed by atoms with E-state index in [9.17, 15) is 5.26 Å². The van der Waals surface area contributed by atoms with E-state index in [1.54, 1.807) is 0 Å². The van der Waals surface area contributed by atoms with Crippen molar-refractivity contribution in [3.63, 3.8) is 0 Å². The Morgan fingerprint density at radius 3 is 1.42 bits per heavy atom. The van der Waals surface area contributed by atoms with Crippen molar-refractivity contribution in [2.45, 2.75) is 131 Å². The van der Waals surface area contributed by atoms with Crippen LogP contribution in [0.25, 0.3) is 76.9 Å². The lowest BCUT2D eigenvalue weighted by Gasteiger charge is -2.47. The van der Waals surface area contributed by atoms with E-state index in [1.807, 2.05) is 0 Å². The van der Waals surface area contributed by atoms with Crippen molar-refractivity contribution >= 4 is 112 Å². The van der Waals surface area contributed by atoms with Crippen molar-refractivity contribution in [1.29, 1.82) is 5.26 Å². The molecular weight excluding hydrogens is 1030 g/mol. The molecule has 0 unspecified atom stereocenters. The maximum Gasteiger partial charge on any atom is 0.252 e. The normalized spacial score (nSPS) is 14.0. The quantitative estimate of drug-likeness (QED) is 0.166. The molecule has 418 valence electrons. The lowest BCUT2D eigenvalue weighted by molar-refractivity contribution is 0.590. The van der Waals surface area contributed by atoms with E-state index in [0.29, 0.717) is 5.56 Å². The molecular formula is C79H74BN5. The van der Waals surface area contributed by atoms with Crippen molar-refractivity contribution in [3.05, 3.63) is 209 Å². The fourth-order valence-corrected chi connectivity index (χ4v) is 14.3. The maximum atomic E-state index is 11.4. The van der Waals surface area contributed by atoms with Crippen molar-refractivity contribution in [3.8, 4) is 28.6 Å². The zero-order valence-corrected chi connectivity index (χ0v) is 52.1. The van der Waals surface area contributed by atoms with Gasteiger partial charge in [-0.3, -0.25) is 0 Å². The topological polar surface area (TPSA) is 40.1 Å². The maximum absolute atomic E-state index is 11.4. The number of hydrogen-bond acceptors (Lipinski definition) is 3. The molecule has 0 fully saturated rings. The van der Waals surface area contributed by atoms with Gasteiger partial charge in [0.05, 0.1) is 50.8 Å². The molecule has 0 bridgehead atoms. The van der Waals surface area contributed by atoms with Gasteiger partial charge >= 0.3 is 0 Å². The van der Waals surface area contributed by atoms with Crippen LogP contribution in [0.5, 0.6) is 0 Å². The average Bonchev–Trinajstić information content (AvgIpc) is 1.62. The first-order chi connectivity index (χ1) is 40.2. The largest absolute Gasteiger partial charge is 0.311 e. The van der Waals surface area contributed by atoms with Gasteiger partial charge in [0.15, 0.2) is 0 Å². The summed E-state index contributed by atoms with van der Waals surface area (Å²) < 4.78 is 5.09. The SMILES string of the molecule is CC(C)(C)c1cc2c3c(c1)-n1c4ccc(C(C)(C)C)cc4c4cc(C(C)(C)C)cc(c41)N3c1cc(C#N)cc3c1B2c1ccc(-n2c4ccc(C(C)(C)C)cc4c4cc(C(C)(C)C)ccc42)cc1N3c1ccc(-c2ccc3ccccc3c2)cc1. The molecule has 15 rings (SSSR count). The van der Waals surface area contributed by atoms with E-state index in [1.165, 1.54) is 116 Å². The van der Waals surface area contributed by atoms with Gasteiger partial charge in [-0.1, -0.05) is 183 Å². The number of rotatable bonds is 3. The zero-order chi connectivity index (χ0) is 59.3. The lowest BCUT2D eigenvalue weighted by atomic mass is 9.33. The van der Waals surface area contributed by atoms with Crippen molar-refractivity contribution in [2.24, 2.45) is 0 Å². The minimum Gasteiger partial charge on any atom is -0.311 e. The van der Waals surface area contributed by atoms with Crippen LogP contribution in [0.3, 0.4) is 0 Å². The highest BCUT2D eigenvalue weighted by Crippen LogP contribution is 2.55. The summed E-state index contributed by atoms with van der Waals surface area (Å²) in [6.45, 7) is 34.7.